The summed E-state index contributed by atoms with van der Waals surface area (Å²) in [6, 6.07) is 9.08. The van der Waals surface area contributed by atoms with Crippen LogP contribution in [0.3, 0.4) is 0 Å². The van der Waals surface area contributed by atoms with Crippen molar-refractivity contribution in [2.45, 2.75) is 31.5 Å². The van der Waals surface area contributed by atoms with Crippen molar-refractivity contribution in [2.24, 2.45) is 0 Å². The molecule has 6 heteroatoms. The van der Waals surface area contributed by atoms with Crippen molar-refractivity contribution in [3.8, 4) is 0 Å². The Bertz CT molecular complexity index is 662. The van der Waals surface area contributed by atoms with Gasteiger partial charge in [-0.1, -0.05) is 30.3 Å². The van der Waals surface area contributed by atoms with Crippen LogP contribution in [0.25, 0.3) is 0 Å². The molecular weight excluding hydrogens is 292 g/mol. The van der Waals surface area contributed by atoms with Crippen molar-refractivity contribution in [1.82, 2.24) is 20.2 Å². The maximum atomic E-state index is 12.5. The van der Waals surface area contributed by atoms with Crippen molar-refractivity contribution in [3.63, 3.8) is 0 Å². The van der Waals surface area contributed by atoms with E-state index < -0.39 is 6.04 Å². The van der Waals surface area contributed by atoms with E-state index in [-0.39, 0.29) is 12.1 Å². The summed E-state index contributed by atoms with van der Waals surface area (Å²) >= 11 is 0. The van der Waals surface area contributed by atoms with Gasteiger partial charge in [0.15, 0.2) is 0 Å². The molecule has 1 amide bonds. The highest BCUT2D eigenvalue weighted by Gasteiger charge is 2.22. The number of hydrogen-bond acceptors (Lipinski definition) is 4. The third kappa shape index (κ3) is 3.65. The van der Waals surface area contributed by atoms with E-state index in [1.165, 1.54) is 0 Å². The first-order valence-corrected chi connectivity index (χ1v) is 7.83. The number of aromatic nitrogens is 2. The van der Waals surface area contributed by atoms with Crippen LogP contribution < -0.4 is 10.6 Å². The van der Waals surface area contributed by atoms with Gasteiger partial charge in [0.2, 0.25) is 0 Å². The lowest BCUT2D eigenvalue weighted by atomic mass is 10.1. The lowest BCUT2D eigenvalue weighted by Crippen LogP contribution is -2.39. The van der Waals surface area contributed by atoms with E-state index in [4.69, 9.17) is 0 Å². The van der Waals surface area contributed by atoms with Gasteiger partial charge in [-0.3, -0.25) is 10.1 Å². The molecule has 1 aromatic heterocycles. The summed E-state index contributed by atoms with van der Waals surface area (Å²) in [6.45, 7) is 0.939. The maximum absolute atomic E-state index is 12.5. The molecule has 0 aliphatic carbocycles. The van der Waals surface area contributed by atoms with Crippen molar-refractivity contribution in [2.75, 3.05) is 6.54 Å². The second-order valence-electron chi connectivity index (χ2n) is 5.70. The van der Waals surface area contributed by atoms with Gasteiger partial charge in [-0.05, 0) is 31.4 Å². The fourth-order valence-corrected chi connectivity index (χ4v) is 2.88. The summed E-state index contributed by atoms with van der Waals surface area (Å²) in [5, 5.41) is 6.12. The van der Waals surface area contributed by atoms with Gasteiger partial charge in [0.25, 0.3) is 5.91 Å². The minimum atomic E-state index is -0.551. The molecule has 0 saturated carbocycles. The summed E-state index contributed by atoms with van der Waals surface area (Å²) in [5.74, 6) is -0.274. The molecule has 2 aromatic rings. The minimum absolute atomic E-state index is 0.0991. The number of nitrogens with zero attached hydrogens (tertiary/aromatic N) is 2. The van der Waals surface area contributed by atoms with Gasteiger partial charge in [-0.2, -0.15) is 0 Å². The number of benzene rings is 1. The van der Waals surface area contributed by atoms with E-state index in [0.717, 1.165) is 31.2 Å². The number of imidazole rings is 1. The Balaban J connectivity index is 1.68. The summed E-state index contributed by atoms with van der Waals surface area (Å²) in [4.78, 5) is 27.9. The third-order valence-electron chi connectivity index (χ3n) is 4.05. The summed E-state index contributed by atoms with van der Waals surface area (Å²) < 4.78 is 1.84. The van der Waals surface area contributed by atoms with Gasteiger partial charge < -0.3 is 14.7 Å². The van der Waals surface area contributed by atoms with E-state index in [1.54, 1.807) is 12.5 Å². The van der Waals surface area contributed by atoms with Gasteiger partial charge in [0, 0.05) is 0 Å². The largest absolute Gasteiger partial charge is 0.341 e. The first-order valence-electron chi connectivity index (χ1n) is 7.83. The van der Waals surface area contributed by atoms with Crippen LogP contribution >= 0.6 is 0 Å². The normalized spacial score (nSPS) is 18.5. The van der Waals surface area contributed by atoms with E-state index >= 15 is 0 Å². The van der Waals surface area contributed by atoms with Gasteiger partial charge >= 0.3 is 0 Å². The minimum Gasteiger partial charge on any atom is -0.341 e. The predicted molar refractivity (Wildman–Crippen MR) is 86.0 cm³/mol. The third-order valence-corrected chi connectivity index (χ3v) is 4.05. The Morgan fingerprint density at radius 2 is 2.26 bits per heavy atom. The summed E-state index contributed by atoms with van der Waals surface area (Å²) in [6.07, 6.45) is 6.60. The zero-order valence-corrected chi connectivity index (χ0v) is 12.8. The SMILES string of the molecule is O=CC(Cc1ccccc1)NC(=O)c1cncn1[C@H]1CCCN1. The van der Waals surface area contributed by atoms with E-state index in [0.29, 0.717) is 12.1 Å². The Morgan fingerprint density at radius 3 is 2.96 bits per heavy atom. The number of amides is 1. The fourth-order valence-electron chi connectivity index (χ4n) is 2.88. The Kier molecular flexibility index (Phi) is 4.83. The van der Waals surface area contributed by atoms with Gasteiger partial charge in [-0.25, -0.2) is 4.98 Å². The number of aldehydes is 1. The highest BCUT2D eigenvalue weighted by molar-refractivity contribution is 5.94. The first kappa shape index (κ1) is 15.4. The van der Waals surface area contributed by atoms with Crippen LogP contribution in [-0.4, -0.2) is 34.3 Å². The van der Waals surface area contributed by atoms with Crippen molar-refractivity contribution in [1.29, 1.82) is 0 Å². The molecule has 1 aliphatic heterocycles. The molecule has 0 spiro atoms. The topological polar surface area (TPSA) is 76.0 Å². The van der Waals surface area contributed by atoms with Crippen LogP contribution in [0.4, 0.5) is 0 Å². The molecule has 2 N–H and O–H groups in total. The van der Waals surface area contributed by atoms with Gasteiger partial charge in [0.1, 0.15) is 12.0 Å². The van der Waals surface area contributed by atoms with Crippen molar-refractivity contribution in [3.05, 3.63) is 54.1 Å². The molecule has 0 bridgehead atoms. The van der Waals surface area contributed by atoms with Crippen LogP contribution in [0.5, 0.6) is 0 Å². The lowest BCUT2D eigenvalue weighted by Gasteiger charge is -2.17. The molecular formula is C17H20N4O2. The summed E-state index contributed by atoms with van der Waals surface area (Å²) in [7, 11) is 0. The number of carbonyl (C=O) groups is 2. The molecule has 3 rings (SSSR count). The molecule has 1 fully saturated rings. The average molecular weight is 312 g/mol. The zero-order valence-electron chi connectivity index (χ0n) is 12.8. The lowest BCUT2D eigenvalue weighted by molar-refractivity contribution is -0.109. The van der Waals surface area contributed by atoms with Crippen LogP contribution in [0, 0.1) is 0 Å². The standard InChI is InChI=1S/C17H20N4O2/c22-11-14(9-13-5-2-1-3-6-13)20-17(23)15-10-18-12-21(15)16-7-4-8-19-16/h1-3,5-6,10-12,14,16,19H,4,7-9H2,(H,20,23)/t14?,16-/m0/s1. The molecule has 1 saturated heterocycles. The van der Waals surface area contributed by atoms with Crippen molar-refractivity contribution >= 4 is 12.2 Å². The maximum Gasteiger partial charge on any atom is 0.270 e. The summed E-state index contributed by atoms with van der Waals surface area (Å²) in [5.41, 5.74) is 1.49. The van der Waals surface area contributed by atoms with Crippen LogP contribution in [-0.2, 0) is 11.2 Å². The van der Waals surface area contributed by atoms with Crippen molar-refractivity contribution < 1.29 is 9.59 Å². The zero-order chi connectivity index (χ0) is 16.1. The van der Waals surface area contributed by atoms with E-state index in [9.17, 15) is 9.59 Å². The molecule has 0 radical (unpaired) electrons. The molecule has 23 heavy (non-hydrogen) atoms. The smallest absolute Gasteiger partial charge is 0.270 e. The quantitative estimate of drug-likeness (QED) is 0.789. The second kappa shape index (κ2) is 7.19. The Hall–Kier alpha value is -2.47. The van der Waals surface area contributed by atoms with Gasteiger partial charge in [0.05, 0.1) is 24.7 Å². The molecule has 6 nitrogen and oxygen atoms in total. The highest BCUT2D eigenvalue weighted by Crippen LogP contribution is 2.18. The molecule has 2 heterocycles. The molecule has 1 aromatic carbocycles. The molecule has 2 atom stereocenters. The number of carbonyl (C=O) groups excluding carboxylic acids is 2. The first-order chi connectivity index (χ1) is 11.3. The second-order valence-corrected chi connectivity index (χ2v) is 5.70. The van der Waals surface area contributed by atoms with E-state index in [1.807, 2.05) is 34.9 Å². The van der Waals surface area contributed by atoms with E-state index in [2.05, 4.69) is 15.6 Å². The Morgan fingerprint density at radius 1 is 1.43 bits per heavy atom. The average Bonchev–Trinajstić information content (AvgIpc) is 3.25. The van der Waals surface area contributed by atoms with Gasteiger partial charge in [-0.15, -0.1) is 0 Å². The van der Waals surface area contributed by atoms with Crippen LogP contribution in [0.15, 0.2) is 42.9 Å². The fraction of sp³-hybridized carbons (Fsp3) is 0.353. The van der Waals surface area contributed by atoms with Crippen LogP contribution in [0.1, 0.15) is 35.1 Å². The molecule has 1 aliphatic rings. The molecule has 1 unspecified atom stereocenters. The number of nitrogens with one attached hydrogen (secondary N) is 2. The number of rotatable bonds is 6. The monoisotopic (exact) mass is 312 g/mol. The van der Waals surface area contributed by atoms with Crippen LogP contribution in [0.2, 0.25) is 0 Å². The predicted octanol–water partition coefficient (Wildman–Crippen LogP) is 1.31. The Labute approximate surface area is 134 Å². The number of hydrogen-bond donors (Lipinski definition) is 2. The highest BCUT2D eigenvalue weighted by atomic mass is 16.2. The molecule has 120 valence electrons.